The van der Waals surface area contributed by atoms with Gasteiger partial charge in [0.1, 0.15) is 11.8 Å². The number of hydrogen-bond donors (Lipinski definition) is 3. The number of amides is 3. The lowest BCUT2D eigenvalue weighted by atomic mass is 9.98. The monoisotopic (exact) mass is 718 g/mol. The molecule has 6 rings (SSSR count). The number of rotatable bonds is 7. The number of urea groups is 1. The van der Waals surface area contributed by atoms with E-state index >= 15 is 0 Å². The number of aromatic nitrogens is 3. The molecule has 3 aliphatic heterocycles. The fourth-order valence-electron chi connectivity index (χ4n) is 7.15. The second-order valence-electron chi connectivity index (χ2n) is 13.4. The minimum absolute atomic E-state index is 0.0527. The number of carbonyl (C=O) groups excluding carboxylic acids is 2. The standard InChI is InChI=1S/C34H42ClF3N8O4/c1-42-15-17-43(18-16-42)24-7-11-44(12-8-24)31(48)28(21-22-19-26(34(36,37)38)29(47)27(35)20-22)39-32(49)45-13-9-25(10-14-45)46-33(50)40-30(41-46)23-5-3-2-4-6-23/h2-6,19-20,24-25,28,47H,7-18,21H2,1H3,(H,39,49)(H,40,41,50)/t28-/m1/s1. The van der Waals surface area contributed by atoms with Crippen molar-refractivity contribution in [1.29, 1.82) is 0 Å². The molecule has 3 amide bonds. The summed E-state index contributed by atoms with van der Waals surface area (Å²) in [7, 11) is 2.09. The summed E-state index contributed by atoms with van der Waals surface area (Å²) in [5, 5.41) is 16.8. The molecule has 3 saturated heterocycles. The summed E-state index contributed by atoms with van der Waals surface area (Å²) in [6.07, 6.45) is -2.74. The lowest BCUT2D eigenvalue weighted by molar-refractivity contribution is -0.138. The van der Waals surface area contributed by atoms with Crippen LogP contribution < -0.4 is 11.0 Å². The van der Waals surface area contributed by atoms with Crippen LogP contribution in [0.5, 0.6) is 5.75 Å². The van der Waals surface area contributed by atoms with Crippen molar-refractivity contribution in [2.24, 2.45) is 0 Å². The minimum atomic E-state index is -4.87. The van der Waals surface area contributed by atoms with Gasteiger partial charge in [-0.25, -0.2) is 14.3 Å². The number of nitrogens with zero attached hydrogens (tertiary/aromatic N) is 6. The Labute approximate surface area is 292 Å². The number of phenolic OH excluding ortho intramolecular Hbond substituents is 1. The van der Waals surface area contributed by atoms with Crippen LogP contribution in [0.15, 0.2) is 47.3 Å². The molecule has 0 unspecified atom stereocenters. The zero-order valence-corrected chi connectivity index (χ0v) is 28.6. The molecule has 12 nitrogen and oxygen atoms in total. The van der Waals surface area contributed by atoms with Crippen molar-refractivity contribution in [3.8, 4) is 17.1 Å². The molecule has 2 aromatic carbocycles. The third kappa shape index (κ3) is 8.10. The molecule has 16 heteroatoms. The van der Waals surface area contributed by atoms with Crippen molar-refractivity contribution in [2.45, 2.75) is 56.4 Å². The number of benzene rings is 2. The van der Waals surface area contributed by atoms with Gasteiger partial charge in [-0.2, -0.15) is 13.2 Å². The van der Waals surface area contributed by atoms with E-state index in [2.05, 4.69) is 32.2 Å². The van der Waals surface area contributed by atoms with Gasteiger partial charge in [-0.05, 0) is 50.4 Å². The molecule has 3 aromatic rings. The van der Waals surface area contributed by atoms with Crippen molar-refractivity contribution in [3.05, 3.63) is 69.1 Å². The predicted octanol–water partition coefficient (Wildman–Crippen LogP) is 3.81. The highest BCUT2D eigenvalue weighted by Gasteiger charge is 2.37. The van der Waals surface area contributed by atoms with Gasteiger partial charge in [0.05, 0.1) is 16.6 Å². The number of nitrogens with one attached hydrogen (secondary N) is 2. The van der Waals surface area contributed by atoms with Crippen LogP contribution >= 0.6 is 11.6 Å². The molecule has 1 aromatic heterocycles. The van der Waals surface area contributed by atoms with E-state index in [1.807, 2.05) is 30.3 Å². The van der Waals surface area contributed by atoms with Gasteiger partial charge in [0.2, 0.25) is 5.91 Å². The van der Waals surface area contributed by atoms with Gasteiger partial charge in [-0.1, -0.05) is 41.9 Å². The van der Waals surface area contributed by atoms with Crippen LogP contribution in [0.25, 0.3) is 11.4 Å². The Kier molecular flexibility index (Phi) is 10.7. The first-order valence-corrected chi connectivity index (χ1v) is 17.3. The van der Waals surface area contributed by atoms with Gasteiger partial charge in [0.25, 0.3) is 0 Å². The number of carbonyl (C=O) groups is 2. The smallest absolute Gasteiger partial charge is 0.420 e. The Morgan fingerprint density at radius 2 is 1.58 bits per heavy atom. The fourth-order valence-corrected chi connectivity index (χ4v) is 7.39. The van der Waals surface area contributed by atoms with Crippen LogP contribution in [-0.2, 0) is 17.4 Å². The molecule has 0 aliphatic carbocycles. The molecule has 0 bridgehead atoms. The SMILES string of the molecule is CN1CCN(C2CCN(C(=O)[C@@H](Cc3cc(Cl)c(O)c(C(F)(F)F)c3)NC(=O)N3CCC(n4nc(-c5ccccc5)[nH]c4=O)CC3)CC2)CC1. The first-order valence-electron chi connectivity index (χ1n) is 17.0. The summed E-state index contributed by atoms with van der Waals surface area (Å²) >= 11 is 5.99. The third-order valence-corrected chi connectivity index (χ3v) is 10.4. The van der Waals surface area contributed by atoms with Crippen molar-refractivity contribution >= 4 is 23.5 Å². The van der Waals surface area contributed by atoms with E-state index in [4.69, 9.17) is 11.6 Å². The van der Waals surface area contributed by atoms with Crippen LogP contribution in [-0.4, -0.2) is 123 Å². The van der Waals surface area contributed by atoms with Crippen LogP contribution in [0.4, 0.5) is 18.0 Å². The summed E-state index contributed by atoms with van der Waals surface area (Å²) < 4.78 is 42.6. The number of likely N-dealkylation sites (tertiary alicyclic amines) is 2. The molecule has 0 saturated carbocycles. The highest BCUT2D eigenvalue weighted by molar-refractivity contribution is 6.32. The maximum Gasteiger partial charge on any atom is 0.420 e. The number of phenols is 1. The lowest BCUT2D eigenvalue weighted by Gasteiger charge is -2.42. The summed E-state index contributed by atoms with van der Waals surface area (Å²) in [6.45, 7) is 5.34. The first-order chi connectivity index (χ1) is 23.9. The first kappa shape index (κ1) is 35.7. The number of hydrogen-bond acceptors (Lipinski definition) is 7. The average molecular weight is 719 g/mol. The molecular weight excluding hydrogens is 677 g/mol. The van der Waals surface area contributed by atoms with Crippen molar-refractivity contribution in [1.82, 2.24) is 39.7 Å². The zero-order valence-electron chi connectivity index (χ0n) is 27.8. The predicted molar refractivity (Wildman–Crippen MR) is 181 cm³/mol. The molecule has 3 aliphatic rings. The van der Waals surface area contributed by atoms with E-state index in [9.17, 15) is 32.7 Å². The molecule has 4 heterocycles. The van der Waals surface area contributed by atoms with E-state index in [0.29, 0.717) is 37.8 Å². The van der Waals surface area contributed by atoms with Gasteiger partial charge in [0.15, 0.2) is 5.82 Å². The van der Waals surface area contributed by atoms with E-state index in [-0.39, 0.29) is 42.7 Å². The maximum atomic E-state index is 14.0. The topological polar surface area (TPSA) is 130 Å². The molecular formula is C34H42ClF3N8O4. The highest BCUT2D eigenvalue weighted by atomic mass is 35.5. The maximum absolute atomic E-state index is 14.0. The van der Waals surface area contributed by atoms with Gasteiger partial charge < -0.3 is 25.1 Å². The molecule has 3 N–H and O–H groups in total. The molecule has 50 heavy (non-hydrogen) atoms. The van der Waals surface area contributed by atoms with E-state index in [1.165, 1.54) is 15.6 Å². The lowest BCUT2D eigenvalue weighted by Crippen LogP contribution is -2.57. The summed E-state index contributed by atoms with van der Waals surface area (Å²) in [4.78, 5) is 51.1. The molecule has 3 fully saturated rings. The van der Waals surface area contributed by atoms with Gasteiger partial charge in [-0.3, -0.25) is 14.7 Å². The number of aromatic amines is 1. The van der Waals surface area contributed by atoms with Gasteiger partial charge in [-0.15, -0.1) is 5.10 Å². The van der Waals surface area contributed by atoms with Crippen LogP contribution in [0.1, 0.15) is 42.9 Å². The van der Waals surface area contributed by atoms with Crippen molar-refractivity contribution in [3.63, 3.8) is 0 Å². The number of halogens is 4. The Balaban J connectivity index is 1.14. The highest BCUT2D eigenvalue weighted by Crippen LogP contribution is 2.40. The van der Waals surface area contributed by atoms with Crippen LogP contribution in [0.2, 0.25) is 5.02 Å². The number of piperidine rings is 2. The second kappa shape index (κ2) is 15.0. The van der Waals surface area contributed by atoms with Crippen molar-refractivity contribution < 1.29 is 27.9 Å². The minimum Gasteiger partial charge on any atom is -0.506 e. The molecule has 0 spiro atoms. The largest absolute Gasteiger partial charge is 0.506 e. The van der Waals surface area contributed by atoms with Crippen LogP contribution in [0, 0.1) is 0 Å². The van der Waals surface area contributed by atoms with Crippen molar-refractivity contribution in [2.75, 3.05) is 59.4 Å². The number of H-pyrrole nitrogens is 1. The number of piperazine rings is 1. The van der Waals surface area contributed by atoms with E-state index < -0.39 is 34.6 Å². The second-order valence-corrected chi connectivity index (χ2v) is 13.8. The molecule has 0 radical (unpaired) electrons. The summed E-state index contributed by atoms with van der Waals surface area (Å²) in [5.74, 6) is -1.03. The Bertz CT molecular complexity index is 1710. The summed E-state index contributed by atoms with van der Waals surface area (Å²) in [5.41, 5.74) is -0.829. The molecule has 270 valence electrons. The Morgan fingerprint density at radius 3 is 2.22 bits per heavy atom. The van der Waals surface area contributed by atoms with E-state index in [1.54, 1.807) is 4.90 Å². The van der Waals surface area contributed by atoms with Crippen LogP contribution in [0.3, 0.4) is 0 Å². The zero-order chi connectivity index (χ0) is 35.6. The summed E-state index contributed by atoms with van der Waals surface area (Å²) in [6, 6.07) is 9.59. The third-order valence-electron chi connectivity index (χ3n) is 10.1. The number of alkyl halides is 3. The number of likely N-dealkylation sites (N-methyl/N-ethyl adjacent to an activating group) is 1. The molecule has 1 atom stereocenters. The van der Waals surface area contributed by atoms with Gasteiger partial charge in [0, 0.05) is 70.4 Å². The normalized spacial score (nSPS) is 19.5. The van der Waals surface area contributed by atoms with Gasteiger partial charge >= 0.3 is 17.9 Å². The van der Waals surface area contributed by atoms with E-state index in [0.717, 1.165) is 50.7 Å². The Morgan fingerprint density at radius 1 is 0.960 bits per heavy atom. The quantitative estimate of drug-likeness (QED) is 0.339. The fraction of sp³-hybridized carbons (Fsp3) is 0.529. The Hall–Kier alpha value is -4.08. The number of aromatic hydroxyl groups is 1. The average Bonchev–Trinajstić information content (AvgIpc) is 3.50.